The number of aromatic amines is 1. The molecule has 13 nitrogen and oxygen atoms in total. The first kappa shape index (κ1) is 21.6. The predicted molar refractivity (Wildman–Crippen MR) is 87.6 cm³/mol. The van der Waals surface area contributed by atoms with Crippen LogP contribution in [0.5, 0.6) is 0 Å². The quantitative estimate of drug-likeness (QED) is 0.251. The lowest BCUT2D eigenvalue weighted by Gasteiger charge is -2.18. The number of rotatable bonds is 6. The second-order valence-electron chi connectivity index (χ2n) is 5.43. The summed E-state index contributed by atoms with van der Waals surface area (Å²) in [5.74, 6) is -1.43. The molecule has 1 aromatic heterocycles. The molecule has 0 aromatic carbocycles. The third kappa shape index (κ3) is 5.20. The normalized spacial score (nSPS) is 28.8. The fourth-order valence-corrected chi connectivity index (χ4v) is 5.10. The number of hydrogen-bond acceptors (Lipinski definition) is 8. The molecule has 1 aliphatic rings. The molecular formula is C10H15BrN2O11P2. The lowest BCUT2D eigenvalue weighted by Crippen LogP contribution is -2.38. The molecule has 1 saturated heterocycles. The highest BCUT2D eigenvalue weighted by Crippen LogP contribution is 2.55. The van der Waals surface area contributed by atoms with Gasteiger partial charge in [-0.25, -0.2) is 4.79 Å². The number of ether oxygens (including phenoxy) is 1. The van der Waals surface area contributed by atoms with Crippen LogP contribution in [-0.2, 0) is 18.4 Å². The smallest absolute Gasteiger partial charge is 0.340 e. The largest absolute Gasteiger partial charge is 0.387 e. The van der Waals surface area contributed by atoms with Crippen molar-refractivity contribution in [1.82, 2.24) is 9.55 Å². The van der Waals surface area contributed by atoms with Crippen molar-refractivity contribution in [1.29, 1.82) is 0 Å². The molecule has 0 bridgehead atoms. The molecule has 6 N–H and O–H groups in total. The number of aliphatic hydroxyl groups excluding tert-OH is 2. The van der Waals surface area contributed by atoms with Crippen molar-refractivity contribution in [2.24, 2.45) is 0 Å². The molecule has 0 amide bonds. The third-order valence-corrected chi connectivity index (χ3v) is 7.36. The number of aromatic nitrogens is 2. The average molecular weight is 481 g/mol. The van der Waals surface area contributed by atoms with E-state index in [9.17, 15) is 33.8 Å². The van der Waals surface area contributed by atoms with Gasteiger partial charge in [0.05, 0.1) is 11.1 Å². The van der Waals surface area contributed by atoms with Crippen LogP contribution in [0.2, 0.25) is 0 Å². The highest BCUT2D eigenvalue weighted by atomic mass is 79.9. The Hall–Kier alpha value is -0.660. The van der Waals surface area contributed by atoms with Gasteiger partial charge in [-0.2, -0.15) is 0 Å². The lowest BCUT2D eigenvalue weighted by atomic mass is 10.1. The molecule has 1 fully saturated rings. The highest BCUT2D eigenvalue weighted by Gasteiger charge is 2.45. The fraction of sp³-hybridized carbons (Fsp3) is 0.600. The van der Waals surface area contributed by atoms with E-state index < -0.39 is 63.5 Å². The zero-order valence-corrected chi connectivity index (χ0v) is 16.1. The van der Waals surface area contributed by atoms with E-state index >= 15 is 0 Å². The van der Waals surface area contributed by atoms with E-state index in [4.69, 9.17) is 14.5 Å². The molecule has 3 unspecified atom stereocenters. The van der Waals surface area contributed by atoms with E-state index in [-0.39, 0.29) is 4.47 Å². The standard InChI is InChI=1S/C10H15BrN2O11P2/c11-4-1-13(10(17)12-8(4)16)9-7(15)6(14)5(24-9)2-23-26(21,22)3-25(18,19)20/h1,5-7,9,14-15H,2-3H2,(H,21,22)(H,12,16,17)(H2,18,19,20)/t5-,6?,7?,9-/m1/s1. The monoisotopic (exact) mass is 480 g/mol. The Morgan fingerprint density at radius 3 is 2.42 bits per heavy atom. The van der Waals surface area contributed by atoms with Crippen LogP contribution in [0.3, 0.4) is 0 Å². The van der Waals surface area contributed by atoms with Crippen molar-refractivity contribution in [3.63, 3.8) is 0 Å². The van der Waals surface area contributed by atoms with Gasteiger partial charge in [-0.15, -0.1) is 0 Å². The van der Waals surface area contributed by atoms with Crippen LogP contribution in [0.15, 0.2) is 20.3 Å². The van der Waals surface area contributed by atoms with Gasteiger partial charge in [-0.1, -0.05) is 0 Å². The SMILES string of the molecule is O=c1[nH]c(=O)n([C@@H]2O[C@H](COP(=O)(O)CP(=O)(O)O)C(O)C2O)cc1Br. The number of halogens is 1. The van der Waals surface area contributed by atoms with Crippen LogP contribution in [0.1, 0.15) is 6.23 Å². The minimum Gasteiger partial charge on any atom is -0.387 e. The van der Waals surface area contributed by atoms with Gasteiger partial charge in [-0.05, 0) is 15.9 Å². The minimum atomic E-state index is -4.83. The van der Waals surface area contributed by atoms with Crippen molar-refractivity contribution < 1.29 is 43.3 Å². The number of nitrogens with one attached hydrogen (secondary N) is 1. The van der Waals surface area contributed by atoms with Crippen LogP contribution in [0, 0.1) is 0 Å². The maximum atomic E-state index is 11.8. The Kier molecular flexibility index (Phi) is 6.46. The van der Waals surface area contributed by atoms with Gasteiger partial charge in [0.2, 0.25) is 0 Å². The van der Waals surface area contributed by atoms with Gasteiger partial charge in [-0.3, -0.25) is 23.5 Å². The predicted octanol–water partition coefficient (Wildman–Crippen LogP) is -1.74. The van der Waals surface area contributed by atoms with Gasteiger partial charge in [0.25, 0.3) is 5.56 Å². The maximum Gasteiger partial charge on any atom is 0.340 e. The Morgan fingerprint density at radius 1 is 1.23 bits per heavy atom. The number of H-pyrrole nitrogens is 1. The van der Waals surface area contributed by atoms with Crippen LogP contribution in [-0.4, -0.2) is 65.3 Å². The summed E-state index contributed by atoms with van der Waals surface area (Å²) in [5.41, 5.74) is -1.66. The zero-order chi connectivity index (χ0) is 19.9. The number of nitrogens with zero attached hydrogens (tertiary/aromatic N) is 1. The Labute approximate surface area is 153 Å². The molecule has 0 radical (unpaired) electrons. The third-order valence-electron chi connectivity index (χ3n) is 3.34. The van der Waals surface area contributed by atoms with Crippen molar-refractivity contribution in [3.05, 3.63) is 31.5 Å². The highest BCUT2D eigenvalue weighted by molar-refractivity contribution is 9.10. The molecular weight excluding hydrogens is 466 g/mol. The molecule has 0 aliphatic carbocycles. The Bertz CT molecular complexity index is 878. The number of hydrogen-bond donors (Lipinski definition) is 6. The van der Waals surface area contributed by atoms with Crippen molar-refractivity contribution in [2.75, 3.05) is 12.5 Å². The first-order chi connectivity index (χ1) is 11.8. The molecule has 2 heterocycles. The van der Waals surface area contributed by atoms with Crippen molar-refractivity contribution >= 4 is 31.1 Å². The van der Waals surface area contributed by atoms with E-state index in [1.807, 2.05) is 4.98 Å². The van der Waals surface area contributed by atoms with Gasteiger partial charge in [0.1, 0.15) is 18.3 Å². The number of aliphatic hydroxyl groups is 2. The molecule has 0 saturated carbocycles. The summed E-state index contributed by atoms with van der Waals surface area (Å²) in [4.78, 5) is 51.9. The van der Waals surface area contributed by atoms with E-state index in [1.54, 1.807) is 0 Å². The maximum absolute atomic E-state index is 11.8. The molecule has 0 spiro atoms. The molecule has 2 rings (SSSR count). The first-order valence-corrected chi connectivity index (χ1v) is 11.2. The summed E-state index contributed by atoms with van der Waals surface area (Å²) in [6.07, 6.45) is -5.11. The molecule has 1 aliphatic heterocycles. The lowest BCUT2D eigenvalue weighted by molar-refractivity contribution is -0.0525. The molecule has 1 aromatic rings. The van der Waals surface area contributed by atoms with E-state index in [2.05, 4.69) is 20.5 Å². The molecule has 16 heteroatoms. The van der Waals surface area contributed by atoms with Crippen LogP contribution in [0.25, 0.3) is 0 Å². The second-order valence-corrected chi connectivity index (χ2v) is 10.3. The van der Waals surface area contributed by atoms with Crippen LogP contribution in [0.4, 0.5) is 0 Å². The van der Waals surface area contributed by atoms with Crippen molar-refractivity contribution in [2.45, 2.75) is 24.5 Å². The Morgan fingerprint density at radius 2 is 1.85 bits per heavy atom. The zero-order valence-electron chi connectivity index (χ0n) is 12.7. The molecule has 148 valence electrons. The second kappa shape index (κ2) is 7.76. The van der Waals surface area contributed by atoms with Crippen molar-refractivity contribution in [3.8, 4) is 0 Å². The van der Waals surface area contributed by atoms with Gasteiger partial charge in [0, 0.05) is 6.20 Å². The minimum absolute atomic E-state index is 0.0522. The summed E-state index contributed by atoms with van der Waals surface area (Å²) >= 11 is 2.89. The van der Waals surface area contributed by atoms with Gasteiger partial charge in [0.15, 0.2) is 12.1 Å². The average Bonchev–Trinajstić information content (AvgIpc) is 2.75. The summed E-state index contributed by atoms with van der Waals surface area (Å²) in [7, 11) is -9.52. The summed E-state index contributed by atoms with van der Waals surface area (Å²) in [5, 5.41) is 20.0. The van der Waals surface area contributed by atoms with E-state index in [0.29, 0.717) is 0 Å². The summed E-state index contributed by atoms with van der Waals surface area (Å²) in [6.45, 7) is -0.790. The van der Waals surface area contributed by atoms with Crippen LogP contribution < -0.4 is 11.2 Å². The first-order valence-electron chi connectivity index (χ1n) is 6.84. The Balaban J connectivity index is 2.14. The summed E-state index contributed by atoms with van der Waals surface area (Å²) < 4.78 is 32.9. The van der Waals surface area contributed by atoms with Gasteiger partial charge < -0.3 is 34.2 Å². The van der Waals surface area contributed by atoms with E-state index in [0.717, 1.165) is 10.8 Å². The molecule has 26 heavy (non-hydrogen) atoms. The summed E-state index contributed by atoms with van der Waals surface area (Å²) in [6, 6.07) is 0. The molecule has 5 atom stereocenters. The fourth-order valence-electron chi connectivity index (χ4n) is 2.21. The van der Waals surface area contributed by atoms with Crippen LogP contribution >= 0.6 is 31.1 Å². The topological polar surface area (TPSA) is 209 Å². The van der Waals surface area contributed by atoms with E-state index in [1.165, 1.54) is 0 Å². The van der Waals surface area contributed by atoms with Gasteiger partial charge >= 0.3 is 20.9 Å².